The molecule has 0 radical (unpaired) electrons. The Morgan fingerprint density at radius 1 is 1.10 bits per heavy atom. The van der Waals surface area contributed by atoms with Gasteiger partial charge in [-0.1, -0.05) is 60.3 Å². The summed E-state index contributed by atoms with van der Waals surface area (Å²) in [5.41, 5.74) is 2.90. The van der Waals surface area contributed by atoms with Gasteiger partial charge in [-0.2, -0.15) is 0 Å². The fraction of sp³-hybridized carbons (Fsp3) is 0.250. The molecule has 3 heterocycles. The van der Waals surface area contributed by atoms with Crippen molar-refractivity contribution < 1.29 is 4.74 Å². The molecule has 0 unspecified atom stereocenters. The molecule has 1 aliphatic heterocycles. The Kier molecular flexibility index (Phi) is 5.01. The molecule has 0 fully saturated rings. The Labute approximate surface area is 183 Å². The molecular weight excluding hydrogens is 412 g/mol. The average molecular weight is 435 g/mol. The molecule has 0 saturated heterocycles. The first-order valence-electron chi connectivity index (χ1n) is 9.95. The van der Waals surface area contributed by atoms with Crippen LogP contribution in [0.3, 0.4) is 0 Å². The lowest BCUT2D eigenvalue weighted by Gasteiger charge is -2.29. The van der Waals surface area contributed by atoms with Gasteiger partial charge in [0.15, 0.2) is 5.16 Å². The molecule has 4 aromatic rings. The zero-order chi connectivity index (χ0) is 20.7. The molecule has 30 heavy (non-hydrogen) atoms. The SMILES string of the molecule is CC1(C)Cc2c(sc3nc(SCc4ccccc4)n(-c4ccccc4)c(=O)c23)CO1. The van der Waals surface area contributed by atoms with Crippen LogP contribution in [-0.2, 0) is 23.5 Å². The van der Waals surface area contributed by atoms with E-state index in [1.807, 2.05) is 48.5 Å². The van der Waals surface area contributed by atoms with Crippen LogP contribution in [0.1, 0.15) is 29.9 Å². The van der Waals surface area contributed by atoms with Crippen LogP contribution in [0.4, 0.5) is 0 Å². The maximum absolute atomic E-state index is 13.8. The number of nitrogens with zero attached hydrogens (tertiary/aromatic N) is 2. The number of para-hydroxylation sites is 1. The summed E-state index contributed by atoms with van der Waals surface area (Å²) >= 11 is 3.19. The van der Waals surface area contributed by atoms with Crippen LogP contribution in [0.15, 0.2) is 70.6 Å². The number of thioether (sulfide) groups is 1. The highest BCUT2D eigenvalue weighted by Gasteiger charge is 2.31. The van der Waals surface area contributed by atoms with Gasteiger partial charge in [-0.05, 0) is 37.1 Å². The summed E-state index contributed by atoms with van der Waals surface area (Å²) in [6, 6.07) is 20.1. The van der Waals surface area contributed by atoms with Gasteiger partial charge >= 0.3 is 0 Å². The van der Waals surface area contributed by atoms with E-state index in [0.29, 0.717) is 6.61 Å². The molecule has 0 spiro atoms. The lowest BCUT2D eigenvalue weighted by atomic mass is 9.94. The summed E-state index contributed by atoms with van der Waals surface area (Å²) in [6.45, 7) is 4.69. The Balaban J connectivity index is 1.68. The van der Waals surface area contributed by atoms with Crippen LogP contribution in [0, 0.1) is 0 Å². The largest absolute Gasteiger partial charge is 0.370 e. The van der Waals surface area contributed by atoms with Gasteiger partial charge in [0.1, 0.15) is 4.83 Å². The van der Waals surface area contributed by atoms with Gasteiger partial charge in [-0.3, -0.25) is 9.36 Å². The number of hydrogen-bond donors (Lipinski definition) is 0. The third-order valence-electron chi connectivity index (χ3n) is 5.30. The second-order valence-corrected chi connectivity index (χ2v) is 10.1. The summed E-state index contributed by atoms with van der Waals surface area (Å²) in [6.07, 6.45) is 0.727. The van der Waals surface area contributed by atoms with E-state index in [9.17, 15) is 4.79 Å². The van der Waals surface area contributed by atoms with Gasteiger partial charge in [0.25, 0.3) is 5.56 Å². The van der Waals surface area contributed by atoms with E-state index in [-0.39, 0.29) is 11.2 Å². The van der Waals surface area contributed by atoms with Crippen molar-refractivity contribution in [3.8, 4) is 5.69 Å². The van der Waals surface area contributed by atoms with E-state index in [0.717, 1.165) is 43.7 Å². The molecule has 5 rings (SSSR count). The van der Waals surface area contributed by atoms with Crippen molar-refractivity contribution in [3.05, 3.63) is 87.0 Å². The fourth-order valence-electron chi connectivity index (χ4n) is 3.80. The molecule has 152 valence electrons. The highest BCUT2D eigenvalue weighted by molar-refractivity contribution is 7.98. The molecule has 0 bridgehead atoms. The van der Waals surface area contributed by atoms with Crippen LogP contribution < -0.4 is 5.56 Å². The lowest BCUT2D eigenvalue weighted by molar-refractivity contribution is -0.0379. The first-order valence-corrected chi connectivity index (χ1v) is 11.8. The lowest BCUT2D eigenvalue weighted by Crippen LogP contribution is -2.32. The van der Waals surface area contributed by atoms with Gasteiger partial charge in [0.05, 0.1) is 23.3 Å². The molecule has 4 nitrogen and oxygen atoms in total. The third kappa shape index (κ3) is 3.60. The molecule has 0 amide bonds. The second-order valence-electron chi connectivity index (χ2n) is 8.05. The Morgan fingerprint density at radius 2 is 1.80 bits per heavy atom. The molecule has 2 aromatic carbocycles. The van der Waals surface area contributed by atoms with Crippen molar-refractivity contribution in [1.29, 1.82) is 0 Å². The van der Waals surface area contributed by atoms with E-state index >= 15 is 0 Å². The molecule has 0 aliphatic carbocycles. The maximum Gasteiger partial charge on any atom is 0.267 e. The predicted molar refractivity (Wildman–Crippen MR) is 124 cm³/mol. The minimum absolute atomic E-state index is 0.0111. The Morgan fingerprint density at radius 3 is 2.53 bits per heavy atom. The molecule has 0 saturated carbocycles. The normalized spacial score (nSPS) is 15.3. The average Bonchev–Trinajstić information content (AvgIpc) is 3.10. The van der Waals surface area contributed by atoms with Crippen molar-refractivity contribution in [2.45, 2.75) is 43.4 Å². The first-order chi connectivity index (χ1) is 14.5. The summed E-state index contributed by atoms with van der Waals surface area (Å²) in [7, 11) is 0. The van der Waals surface area contributed by atoms with Crippen LogP contribution >= 0.6 is 23.1 Å². The van der Waals surface area contributed by atoms with Crippen LogP contribution in [0.2, 0.25) is 0 Å². The number of benzene rings is 2. The van der Waals surface area contributed by atoms with Crippen LogP contribution in [0.5, 0.6) is 0 Å². The summed E-state index contributed by atoms with van der Waals surface area (Å²) < 4.78 is 7.75. The monoisotopic (exact) mass is 434 g/mol. The predicted octanol–water partition coefficient (Wildman–Crippen LogP) is 5.59. The van der Waals surface area contributed by atoms with E-state index < -0.39 is 0 Å². The first kappa shape index (κ1) is 19.5. The molecular formula is C24H22N2O2S2. The summed E-state index contributed by atoms with van der Waals surface area (Å²) in [4.78, 5) is 20.7. The van der Waals surface area contributed by atoms with Crippen molar-refractivity contribution in [3.63, 3.8) is 0 Å². The number of fused-ring (bicyclic) bond motifs is 3. The van der Waals surface area contributed by atoms with Gasteiger partial charge in [-0.25, -0.2) is 4.98 Å². The number of rotatable bonds is 4. The van der Waals surface area contributed by atoms with Crippen LogP contribution in [-0.4, -0.2) is 15.2 Å². The maximum atomic E-state index is 13.8. The van der Waals surface area contributed by atoms with Gasteiger partial charge < -0.3 is 4.74 Å². The quantitative estimate of drug-likeness (QED) is 0.310. The Bertz CT molecular complexity index is 1260. The highest BCUT2D eigenvalue weighted by atomic mass is 32.2. The van der Waals surface area contributed by atoms with Crippen molar-refractivity contribution in [2.24, 2.45) is 0 Å². The van der Waals surface area contributed by atoms with E-state index in [4.69, 9.17) is 9.72 Å². The zero-order valence-corrected chi connectivity index (χ0v) is 18.6. The summed E-state index contributed by atoms with van der Waals surface area (Å²) in [5.74, 6) is 0.757. The van der Waals surface area contributed by atoms with Crippen molar-refractivity contribution in [2.75, 3.05) is 0 Å². The van der Waals surface area contributed by atoms with Crippen LogP contribution in [0.25, 0.3) is 15.9 Å². The summed E-state index contributed by atoms with van der Waals surface area (Å²) in [5, 5.41) is 1.47. The minimum atomic E-state index is -0.272. The zero-order valence-electron chi connectivity index (χ0n) is 16.9. The molecule has 2 aromatic heterocycles. The topological polar surface area (TPSA) is 44.1 Å². The smallest absolute Gasteiger partial charge is 0.267 e. The molecule has 0 atom stereocenters. The number of aromatic nitrogens is 2. The van der Waals surface area contributed by atoms with E-state index in [1.165, 1.54) is 5.56 Å². The van der Waals surface area contributed by atoms with Crippen molar-refractivity contribution >= 4 is 33.3 Å². The van der Waals surface area contributed by atoms with E-state index in [2.05, 4.69) is 26.0 Å². The third-order valence-corrected chi connectivity index (χ3v) is 7.41. The van der Waals surface area contributed by atoms with Gasteiger partial charge in [-0.15, -0.1) is 11.3 Å². The molecule has 1 aliphatic rings. The fourth-order valence-corrected chi connectivity index (χ4v) is 5.91. The molecule has 6 heteroatoms. The van der Waals surface area contributed by atoms with E-state index in [1.54, 1.807) is 27.7 Å². The molecule has 0 N–H and O–H groups in total. The Hall–Kier alpha value is -2.41. The van der Waals surface area contributed by atoms with Gasteiger partial charge in [0, 0.05) is 17.1 Å². The number of hydrogen-bond acceptors (Lipinski definition) is 5. The standard InChI is InChI=1S/C24H22N2O2S2/c1-24(2)13-18-19(14-28-24)30-21-20(18)22(27)26(17-11-7-4-8-12-17)23(25-21)29-15-16-9-5-3-6-10-16/h3-12H,13-15H2,1-2H3. The highest BCUT2D eigenvalue weighted by Crippen LogP contribution is 2.38. The second kappa shape index (κ2) is 7.69. The number of thiophene rings is 1. The van der Waals surface area contributed by atoms with Crippen molar-refractivity contribution in [1.82, 2.24) is 9.55 Å². The number of ether oxygens (including phenoxy) is 1. The van der Waals surface area contributed by atoms with Gasteiger partial charge in [0.2, 0.25) is 0 Å². The minimum Gasteiger partial charge on any atom is -0.370 e.